The second-order valence-electron chi connectivity index (χ2n) is 7.37. The van der Waals surface area contributed by atoms with Crippen molar-refractivity contribution >= 4 is 17.9 Å². The Bertz CT molecular complexity index is 873. The van der Waals surface area contributed by atoms with Gasteiger partial charge in [-0.15, -0.1) is 0 Å². The molecule has 1 saturated carbocycles. The van der Waals surface area contributed by atoms with Gasteiger partial charge in [0, 0.05) is 50.5 Å². The minimum Gasteiger partial charge on any atom is -0.353 e. The topological polar surface area (TPSA) is 71.0 Å². The number of piperidine rings is 1. The molecular formula is C20H20F3N5O. The Balaban J connectivity index is 1.18. The zero-order valence-electron chi connectivity index (χ0n) is 15.5. The third kappa shape index (κ3) is 4.55. The molecule has 1 N–H and O–H groups in total. The van der Waals surface area contributed by atoms with Crippen LogP contribution in [0.4, 0.5) is 19.1 Å². The molecule has 2 aromatic rings. The number of pyridine rings is 1. The van der Waals surface area contributed by atoms with E-state index < -0.39 is 11.7 Å². The summed E-state index contributed by atoms with van der Waals surface area (Å²) in [7, 11) is 0. The van der Waals surface area contributed by atoms with Crippen molar-refractivity contribution < 1.29 is 18.0 Å². The lowest BCUT2D eigenvalue weighted by Gasteiger charge is -2.20. The summed E-state index contributed by atoms with van der Waals surface area (Å²) < 4.78 is 37.8. The van der Waals surface area contributed by atoms with Crippen LogP contribution >= 0.6 is 0 Å². The Morgan fingerprint density at radius 3 is 2.55 bits per heavy atom. The molecule has 2 aromatic heterocycles. The van der Waals surface area contributed by atoms with Crippen LogP contribution in [0, 0.1) is 17.8 Å². The second-order valence-corrected chi connectivity index (χ2v) is 7.37. The van der Waals surface area contributed by atoms with Crippen LogP contribution in [0.2, 0.25) is 0 Å². The maximum atomic E-state index is 12.6. The highest BCUT2D eigenvalue weighted by Gasteiger charge is 2.55. The molecular weight excluding hydrogens is 383 g/mol. The quantitative estimate of drug-likeness (QED) is 0.751. The number of carbonyl (C=O) groups excluding carboxylic acids is 1. The number of hydrogen-bond donors (Lipinski definition) is 1. The van der Waals surface area contributed by atoms with E-state index in [1.54, 1.807) is 18.5 Å². The van der Waals surface area contributed by atoms with Gasteiger partial charge in [0.2, 0.25) is 11.9 Å². The van der Waals surface area contributed by atoms with E-state index >= 15 is 0 Å². The smallest absolute Gasteiger partial charge is 0.353 e. The SMILES string of the molecule is O=C(/C=C/c1cccnc1)NCC[C@@H]1[C@H]2CN(c3ncc(C(F)(F)F)cn3)C[C@@H]12. The van der Waals surface area contributed by atoms with Gasteiger partial charge < -0.3 is 10.2 Å². The minimum atomic E-state index is -4.42. The number of fused-ring (bicyclic) bond motifs is 1. The third-order valence-corrected chi connectivity index (χ3v) is 5.51. The fraction of sp³-hybridized carbons (Fsp3) is 0.400. The Morgan fingerprint density at radius 2 is 1.93 bits per heavy atom. The van der Waals surface area contributed by atoms with Crippen molar-refractivity contribution in [1.82, 2.24) is 20.3 Å². The lowest BCUT2D eigenvalue weighted by atomic mass is 10.2. The van der Waals surface area contributed by atoms with Crippen LogP contribution in [0.1, 0.15) is 17.5 Å². The Morgan fingerprint density at radius 1 is 1.21 bits per heavy atom. The molecule has 0 bridgehead atoms. The number of nitrogens with one attached hydrogen (secondary N) is 1. The lowest BCUT2D eigenvalue weighted by Crippen LogP contribution is -2.28. The summed E-state index contributed by atoms with van der Waals surface area (Å²) in [6.07, 6.45) is 4.70. The Hall–Kier alpha value is -2.97. The molecule has 0 aromatic carbocycles. The summed E-state index contributed by atoms with van der Waals surface area (Å²) >= 11 is 0. The molecule has 2 aliphatic rings. The van der Waals surface area contributed by atoms with Crippen LogP contribution in [0.15, 0.2) is 43.0 Å². The van der Waals surface area contributed by atoms with Crippen molar-refractivity contribution in [2.45, 2.75) is 12.6 Å². The summed E-state index contributed by atoms with van der Waals surface area (Å²) in [6, 6.07) is 3.68. The van der Waals surface area contributed by atoms with Crippen LogP contribution in [0.5, 0.6) is 0 Å². The zero-order valence-corrected chi connectivity index (χ0v) is 15.5. The number of nitrogens with zero attached hydrogens (tertiary/aromatic N) is 4. The molecule has 6 nitrogen and oxygen atoms in total. The van der Waals surface area contributed by atoms with Crippen molar-refractivity contribution in [3.05, 3.63) is 54.1 Å². The molecule has 0 spiro atoms. The van der Waals surface area contributed by atoms with E-state index in [0.717, 1.165) is 37.5 Å². The first-order valence-corrected chi connectivity index (χ1v) is 9.42. The van der Waals surface area contributed by atoms with E-state index in [4.69, 9.17) is 0 Å². The standard InChI is InChI=1S/C20H20F3N5O/c21-20(22,23)14-9-26-19(27-10-14)28-11-16-15(17(16)12-28)5-7-25-18(29)4-3-13-2-1-6-24-8-13/h1-4,6,8-10,15-17H,5,7,11-12H2,(H,25,29)/b4-3+/t15-,16-,17+. The van der Waals surface area contributed by atoms with E-state index in [9.17, 15) is 18.0 Å². The van der Waals surface area contributed by atoms with Crippen molar-refractivity contribution in [3.8, 4) is 0 Å². The van der Waals surface area contributed by atoms with Gasteiger partial charge >= 0.3 is 6.18 Å². The van der Waals surface area contributed by atoms with E-state index in [1.165, 1.54) is 6.08 Å². The average Bonchev–Trinajstić information content (AvgIpc) is 3.15. The van der Waals surface area contributed by atoms with Gasteiger partial charge in [-0.1, -0.05) is 6.07 Å². The van der Waals surface area contributed by atoms with E-state index in [-0.39, 0.29) is 5.91 Å². The van der Waals surface area contributed by atoms with Gasteiger partial charge in [0.1, 0.15) is 0 Å². The van der Waals surface area contributed by atoms with Crippen LogP contribution in [0.25, 0.3) is 6.08 Å². The molecule has 3 heterocycles. The summed E-state index contributed by atoms with van der Waals surface area (Å²) in [6.45, 7) is 2.09. The molecule has 0 radical (unpaired) electrons. The molecule has 1 amide bonds. The molecule has 9 heteroatoms. The minimum absolute atomic E-state index is 0.139. The Labute approximate surface area is 165 Å². The lowest BCUT2D eigenvalue weighted by molar-refractivity contribution is -0.138. The van der Waals surface area contributed by atoms with Gasteiger partial charge in [-0.3, -0.25) is 9.78 Å². The van der Waals surface area contributed by atoms with E-state index in [2.05, 4.69) is 20.3 Å². The molecule has 29 heavy (non-hydrogen) atoms. The monoisotopic (exact) mass is 403 g/mol. The van der Waals surface area contributed by atoms with Crippen LogP contribution in [-0.2, 0) is 11.0 Å². The first kappa shape index (κ1) is 19.4. The number of halogens is 3. The van der Waals surface area contributed by atoms with Gasteiger partial charge in [-0.05, 0) is 41.9 Å². The van der Waals surface area contributed by atoms with Gasteiger partial charge in [-0.25, -0.2) is 9.97 Å². The Kier molecular flexibility index (Phi) is 5.21. The van der Waals surface area contributed by atoms with Crippen LogP contribution in [-0.4, -0.2) is 40.5 Å². The highest BCUT2D eigenvalue weighted by Crippen LogP contribution is 2.53. The molecule has 4 rings (SSSR count). The fourth-order valence-electron chi connectivity index (χ4n) is 3.94. The number of rotatable bonds is 6. The number of alkyl halides is 3. The van der Waals surface area contributed by atoms with Gasteiger partial charge in [0.25, 0.3) is 0 Å². The average molecular weight is 403 g/mol. The molecule has 2 fully saturated rings. The van der Waals surface area contributed by atoms with E-state index in [1.807, 2.05) is 17.0 Å². The predicted molar refractivity (Wildman–Crippen MR) is 101 cm³/mol. The summed E-state index contributed by atoms with van der Waals surface area (Å²) in [5.74, 6) is 1.72. The van der Waals surface area contributed by atoms with Crippen molar-refractivity contribution in [2.75, 3.05) is 24.5 Å². The van der Waals surface area contributed by atoms with Gasteiger partial charge in [0.05, 0.1) is 5.56 Å². The molecule has 3 atom stereocenters. The van der Waals surface area contributed by atoms with Crippen molar-refractivity contribution in [3.63, 3.8) is 0 Å². The number of hydrogen-bond acceptors (Lipinski definition) is 5. The maximum absolute atomic E-state index is 12.6. The van der Waals surface area contributed by atoms with Gasteiger partial charge in [-0.2, -0.15) is 13.2 Å². The predicted octanol–water partition coefficient (Wildman–Crippen LogP) is 2.79. The number of carbonyl (C=O) groups is 1. The maximum Gasteiger partial charge on any atom is 0.419 e. The first-order chi connectivity index (χ1) is 13.9. The van der Waals surface area contributed by atoms with Crippen LogP contribution in [0.3, 0.4) is 0 Å². The van der Waals surface area contributed by atoms with Crippen LogP contribution < -0.4 is 10.2 Å². The molecule has 1 aliphatic heterocycles. The highest BCUT2D eigenvalue weighted by atomic mass is 19.4. The number of amides is 1. The van der Waals surface area contributed by atoms with Crippen molar-refractivity contribution in [2.24, 2.45) is 17.8 Å². The van der Waals surface area contributed by atoms with Crippen molar-refractivity contribution in [1.29, 1.82) is 0 Å². The second kappa shape index (κ2) is 7.81. The summed E-state index contributed by atoms with van der Waals surface area (Å²) in [4.78, 5) is 25.5. The normalized spacial score (nSPS) is 23.3. The summed E-state index contributed by atoms with van der Waals surface area (Å²) in [5.41, 5.74) is 0.0294. The molecule has 1 saturated heterocycles. The first-order valence-electron chi connectivity index (χ1n) is 9.42. The fourth-order valence-corrected chi connectivity index (χ4v) is 3.94. The molecule has 1 aliphatic carbocycles. The van der Waals surface area contributed by atoms with E-state index in [0.29, 0.717) is 30.2 Å². The molecule has 152 valence electrons. The number of anilines is 1. The third-order valence-electron chi connectivity index (χ3n) is 5.51. The summed E-state index contributed by atoms with van der Waals surface area (Å²) in [5, 5.41) is 2.89. The highest BCUT2D eigenvalue weighted by molar-refractivity contribution is 5.91. The number of aromatic nitrogens is 3. The largest absolute Gasteiger partial charge is 0.419 e. The molecule has 0 unspecified atom stereocenters. The zero-order chi connectivity index (χ0) is 20.4. The van der Waals surface area contributed by atoms with Gasteiger partial charge in [0.15, 0.2) is 0 Å².